The van der Waals surface area contributed by atoms with Crippen LogP contribution >= 0.6 is 0 Å². The second-order valence-corrected chi connectivity index (χ2v) is 2.16. The van der Waals surface area contributed by atoms with Gasteiger partial charge in [0.25, 0.3) is 0 Å². The number of hydrogen-bond donors (Lipinski definition) is 0. The van der Waals surface area contributed by atoms with E-state index < -0.39 is 0 Å². The molecular formula is C10H11O. The van der Waals surface area contributed by atoms with Gasteiger partial charge in [-0.05, 0) is 6.92 Å². The Kier molecular flexibility index (Phi) is 2.73. The van der Waals surface area contributed by atoms with Crippen molar-refractivity contribution in [1.29, 1.82) is 0 Å². The van der Waals surface area contributed by atoms with Crippen molar-refractivity contribution in [3.05, 3.63) is 35.9 Å². The SMILES string of the molecule is C/C=C/c1ccc[c]c1OC. The van der Waals surface area contributed by atoms with Crippen LogP contribution in [0.2, 0.25) is 0 Å². The molecule has 57 valence electrons. The molecule has 0 aliphatic rings. The highest BCUT2D eigenvalue weighted by Gasteiger charge is 1.94. The van der Waals surface area contributed by atoms with Crippen LogP contribution < -0.4 is 4.74 Å². The van der Waals surface area contributed by atoms with Gasteiger partial charge in [0.05, 0.1) is 7.11 Å². The van der Waals surface area contributed by atoms with E-state index >= 15 is 0 Å². The predicted molar refractivity (Wildman–Crippen MR) is 46.5 cm³/mol. The van der Waals surface area contributed by atoms with Gasteiger partial charge in [0.1, 0.15) is 5.75 Å². The molecule has 1 heteroatoms. The summed E-state index contributed by atoms with van der Waals surface area (Å²) < 4.78 is 5.09. The van der Waals surface area contributed by atoms with Crippen molar-refractivity contribution in [3.63, 3.8) is 0 Å². The summed E-state index contributed by atoms with van der Waals surface area (Å²) in [6.07, 6.45) is 3.97. The van der Waals surface area contributed by atoms with Gasteiger partial charge in [-0.2, -0.15) is 0 Å². The van der Waals surface area contributed by atoms with Crippen LogP contribution in [0.25, 0.3) is 6.08 Å². The first-order chi connectivity index (χ1) is 5.38. The molecule has 0 fully saturated rings. The van der Waals surface area contributed by atoms with Gasteiger partial charge in [-0.15, -0.1) is 0 Å². The average molecular weight is 147 g/mol. The van der Waals surface area contributed by atoms with E-state index in [0.717, 1.165) is 11.3 Å². The van der Waals surface area contributed by atoms with Crippen molar-refractivity contribution in [2.24, 2.45) is 0 Å². The Morgan fingerprint density at radius 1 is 1.55 bits per heavy atom. The molecule has 0 amide bonds. The van der Waals surface area contributed by atoms with Crippen LogP contribution in [0.3, 0.4) is 0 Å². The Balaban J connectivity index is 3.02. The molecule has 0 bridgehead atoms. The molecule has 0 aliphatic heterocycles. The zero-order valence-corrected chi connectivity index (χ0v) is 6.79. The summed E-state index contributed by atoms with van der Waals surface area (Å²) in [5.41, 5.74) is 1.07. The van der Waals surface area contributed by atoms with E-state index in [1.54, 1.807) is 7.11 Å². The fraction of sp³-hybridized carbons (Fsp3) is 0.200. The Morgan fingerprint density at radius 3 is 3.00 bits per heavy atom. The second-order valence-electron chi connectivity index (χ2n) is 2.16. The van der Waals surface area contributed by atoms with Crippen LogP contribution in [-0.2, 0) is 0 Å². The smallest absolute Gasteiger partial charge is 0.134 e. The van der Waals surface area contributed by atoms with E-state index in [9.17, 15) is 0 Å². The maximum absolute atomic E-state index is 5.09. The Morgan fingerprint density at radius 2 is 2.36 bits per heavy atom. The van der Waals surface area contributed by atoms with E-state index in [1.165, 1.54) is 0 Å². The highest BCUT2D eigenvalue weighted by atomic mass is 16.5. The largest absolute Gasteiger partial charge is 0.495 e. The number of para-hydroxylation sites is 1. The maximum atomic E-state index is 5.09. The van der Waals surface area contributed by atoms with Crippen molar-refractivity contribution in [2.75, 3.05) is 7.11 Å². The normalized spacial score (nSPS) is 10.4. The molecule has 0 atom stereocenters. The number of ether oxygens (including phenoxy) is 1. The summed E-state index contributed by atoms with van der Waals surface area (Å²) >= 11 is 0. The topological polar surface area (TPSA) is 9.23 Å². The van der Waals surface area contributed by atoms with E-state index in [-0.39, 0.29) is 0 Å². The first-order valence-electron chi connectivity index (χ1n) is 3.56. The third-order valence-electron chi connectivity index (χ3n) is 1.40. The molecule has 0 saturated carbocycles. The summed E-state index contributed by atoms with van der Waals surface area (Å²) in [7, 11) is 1.65. The lowest BCUT2D eigenvalue weighted by molar-refractivity contribution is 0.413. The lowest BCUT2D eigenvalue weighted by Crippen LogP contribution is -1.85. The molecule has 0 unspecified atom stereocenters. The Hall–Kier alpha value is -1.24. The van der Waals surface area contributed by atoms with Crippen molar-refractivity contribution < 1.29 is 4.74 Å². The Labute approximate surface area is 67.3 Å². The molecule has 0 aliphatic carbocycles. The molecule has 1 nitrogen and oxygen atoms in total. The number of rotatable bonds is 2. The van der Waals surface area contributed by atoms with Crippen molar-refractivity contribution in [3.8, 4) is 5.75 Å². The highest BCUT2D eigenvalue weighted by Crippen LogP contribution is 2.17. The molecular weight excluding hydrogens is 136 g/mol. The lowest BCUT2D eigenvalue weighted by atomic mass is 10.2. The molecule has 0 aromatic heterocycles. The first-order valence-corrected chi connectivity index (χ1v) is 3.56. The molecule has 0 saturated heterocycles. The standard InChI is InChI=1S/C10H11O/c1-3-6-9-7-4-5-8-10(9)11-2/h3-7H,1-2H3/b6-3+. The Bertz CT molecular complexity index is 251. The zero-order chi connectivity index (χ0) is 8.10. The quantitative estimate of drug-likeness (QED) is 0.624. The van der Waals surface area contributed by atoms with Gasteiger partial charge in [0.15, 0.2) is 0 Å². The summed E-state index contributed by atoms with van der Waals surface area (Å²) in [5.74, 6) is 0.797. The minimum absolute atomic E-state index is 0.797. The van der Waals surface area contributed by atoms with Gasteiger partial charge in [0.2, 0.25) is 0 Å². The van der Waals surface area contributed by atoms with E-state index in [1.807, 2.05) is 37.3 Å². The molecule has 1 aromatic carbocycles. The third kappa shape index (κ3) is 1.84. The van der Waals surface area contributed by atoms with Gasteiger partial charge in [-0.3, -0.25) is 0 Å². The van der Waals surface area contributed by atoms with Crippen LogP contribution in [-0.4, -0.2) is 7.11 Å². The van der Waals surface area contributed by atoms with Crippen molar-refractivity contribution >= 4 is 6.08 Å². The minimum Gasteiger partial charge on any atom is -0.495 e. The third-order valence-corrected chi connectivity index (χ3v) is 1.40. The van der Waals surface area contributed by atoms with Crippen LogP contribution in [0, 0.1) is 6.07 Å². The van der Waals surface area contributed by atoms with E-state index in [0.29, 0.717) is 0 Å². The number of benzene rings is 1. The van der Waals surface area contributed by atoms with E-state index in [2.05, 4.69) is 6.07 Å². The number of allylic oxidation sites excluding steroid dienone is 1. The second kappa shape index (κ2) is 3.81. The fourth-order valence-corrected chi connectivity index (χ4v) is 0.922. The molecule has 1 aromatic rings. The van der Waals surface area contributed by atoms with Crippen LogP contribution in [0.1, 0.15) is 12.5 Å². The lowest BCUT2D eigenvalue weighted by Gasteiger charge is -2.01. The van der Waals surface area contributed by atoms with Gasteiger partial charge < -0.3 is 4.74 Å². The molecule has 0 N–H and O–H groups in total. The van der Waals surface area contributed by atoms with Gasteiger partial charge in [-0.1, -0.05) is 30.4 Å². The number of methoxy groups -OCH3 is 1. The minimum atomic E-state index is 0.797. The highest BCUT2D eigenvalue weighted by molar-refractivity contribution is 5.56. The van der Waals surface area contributed by atoms with Gasteiger partial charge in [0, 0.05) is 11.6 Å². The number of hydrogen-bond acceptors (Lipinski definition) is 1. The van der Waals surface area contributed by atoms with Crippen molar-refractivity contribution in [1.82, 2.24) is 0 Å². The summed E-state index contributed by atoms with van der Waals surface area (Å²) in [6.45, 7) is 1.98. The zero-order valence-electron chi connectivity index (χ0n) is 6.79. The molecule has 0 heterocycles. The van der Waals surface area contributed by atoms with Crippen LogP contribution in [0.5, 0.6) is 5.75 Å². The summed E-state index contributed by atoms with van der Waals surface area (Å²) in [5, 5.41) is 0. The van der Waals surface area contributed by atoms with Crippen LogP contribution in [0.4, 0.5) is 0 Å². The van der Waals surface area contributed by atoms with Gasteiger partial charge in [-0.25, -0.2) is 0 Å². The predicted octanol–water partition coefficient (Wildman–Crippen LogP) is 2.53. The fourth-order valence-electron chi connectivity index (χ4n) is 0.922. The maximum Gasteiger partial charge on any atom is 0.134 e. The summed E-state index contributed by atoms with van der Waals surface area (Å²) in [6, 6.07) is 8.77. The average Bonchev–Trinajstić information content (AvgIpc) is 2.06. The summed E-state index contributed by atoms with van der Waals surface area (Å²) in [4.78, 5) is 0. The van der Waals surface area contributed by atoms with Gasteiger partial charge >= 0.3 is 0 Å². The molecule has 11 heavy (non-hydrogen) atoms. The van der Waals surface area contributed by atoms with Crippen LogP contribution in [0.15, 0.2) is 24.3 Å². The monoisotopic (exact) mass is 147 g/mol. The molecule has 1 radical (unpaired) electrons. The van der Waals surface area contributed by atoms with Crippen molar-refractivity contribution in [2.45, 2.75) is 6.92 Å². The first kappa shape index (κ1) is 7.86. The van der Waals surface area contributed by atoms with E-state index in [4.69, 9.17) is 4.74 Å². The molecule has 1 rings (SSSR count). The molecule has 0 spiro atoms.